The Balaban J connectivity index is 1.58. The summed E-state index contributed by atoms with van der Waals surface area (Å²) in [4.78, 5) is 7.91. The lowest BCUT2D eigenvalue weighted by Crippen LogP contribution is -2.30. The van der Waals surface area contributed by atoms with Crippen molar-refractivity contribution < 1.29 is 18.6 Å². The van der Waals surface area contributed by atoms with Gasteiger partial charge < -0.3 is 19.5 Å². The number of nitrogens with one attached hydrogen (secondary N) is 1. The van der Waals surface area contributed by atoms with Crippen LogP contribution in [-0.2, 0) is 16.0 Å². The van der Waals surface area contributed by atoms with Crippen molar-refractivity contribution in [3.05, 3.63) is 72.2 Å². The van der Waals surface area contributed by atoms with Crippen LogP contribution in [-0.4, -0.2) is 57.5 Å². The van der Waals surface area contributed by atoms with Crippen LogP contribution in [0.2, 0.25) is 0 Å². The van der Waals surface area contributed by atoms with Gasteiger partial charge in [0.1, 0.15) is 5.75 Å². The Morgan fingerprint density at radius 1 is 0.971 bits per heavy atom. The Hall–Kier alpha value is -3.04. The zero-order valence-corrected chi connectivity index (χ0v) is 21.0. The molecular formula is C27H30FN3O3S. The summed E-state index contributed by atoms with van der Waals surface area (Å²) < 4.78 is 31.9. The number of aromatic nitrogens is 1. The van der Waals surface area contributed by atoms with Crippen LogP contribution in [0.15, 0.2) is 60.8 Å². The smallest absolute Gasteiger partial charge is 0.167 e. The highest BCUT2D eigenvalue weighted by Crippen LogP contribution is 2.40. The molecule has 4 aromatic rings. The SMILES string of the molecule is CNc1ccc(Oc2ccnc3cc(-c4cccc(CN(CCOC)CCOC)c4)sc23)c(F)c1. The average Bonchev–Trinajstić information content (AvgIpc) is 3.32. The van der Waals surface area contributed by atoms with Crippen molar-refractivity contribution in [1.82, 2.24) is 9.88 Å². The predicted octanol–water partition coefficient (Wildman–Crippen LogP) is 6.03. The largest absolute Gasteiger partial charge is 0.453 e. The first-order chi connectivity index (χ1) is 17.1. The number of anilines is 1. The molecule has 35 heavy (non-hydrogen) atoms. The van der Waals surface area contributed by atoms with Crippen LogP contribution in [0.5, 0.6) is 11.5 Å². The second-order valence-corrected chi connectivity index (χ2v) is 9.15. The summed E-state index contributed by atoms with van der Waals surface area (Å²) in [6.45, 7) is 3.83. The van der Waals surface area contributed by atoms with Gasteiger partial charge in [0.15, 0.2) is 11.6 Å². The number of rotatable bonds is 12. The van der Waals surface area contributed by atoms with Gasteiger partial charge in [0.25, 0.3) is 0 Å². The van der Waals surface area contributed by atoms with E-state index in [4.69, 9.17) is 14.2 Å². The molecule has 0 bridgehead atoms. The molecule has 0 atom stereocenters. The Morgan fingerprint density at radius 3 is 2.49 bits per heavy atom. The van der Waals surface area contributed by atoms with Crippen molar-refractivity contribution in [2.24, 2.45) is 0 Å². The molecule has 0 saturated carbocycles. The van der Waals surface area contributed by atoms with E-state index in [1.165, 1.54) is 11.6 Å². The number of hydrogen-bond acceptors (Lipinski definition) is 7. The third-order valence-electron chi connectivity index (χ3n) is 5.66. The fourth-order valence-electron chi connectivity index (χ4n) is 3.79. The summed E-state index contributed by atoms with van der Waals surface area (Å²) >= 11 is 1.59. The Morgan fingerprint density at radius 2 is 1.77 bits per heavy atom. The Labute approximate surface area is 209 Å². The topological polar surface area (TPSA) is 55.9 Å². The fraction of sp³-hybridized carbons (Fsp3) is 0.296. The lowest BCUT2D eigenvalue weighted by molar-refractivity contribution is 0.110. The third-order valence-corrected chi connectivity index (χ3v) is 6.85. The summed E-state index contributed by atoms with van der Waals surface area (Å²) in [7, 11) is 5.18. The number of benzene rings is 2. The molecule has 0 unspecified atom stereocenters. The van der Waals surface area contributed by atoms with Crippen molar-refractivity contribution in [2.75, 3.05) is 52.9 Å². The highest BCUT2D eigenvalue weighted by Gasteiger charge is 2.14. The summed E-state index contributed by atoms with van der Waals surface area (Å²) in [5, 5.41) is 2.93. The summed E-state index contributed by atoms with van der Waals surface area (Å²) in [5.74, 6) is 0.349. The van der Waals surface area contributed by atoms with E-state index in [0.29, 0.717) is 24.7 Å². The lowest BCUT2D eigenvalue weighted by Gasteiger charge is -2.21. The van der Waals surface area contributed by atoms with Crippen molar-refractivity contribution in [2.45, 2.75) is 6.54 Å². The third kappa shape index (κ3) is 6.35. The van der Waals surface area contributed by atoms with E-state index < -0.39 is 5.82 Å². The van der Waals surface area contributed by atoms with Crippen LogP contribution in [0.1, 0.15) is 5.56 Å². The van der Waals surface area contributed by atoms with Gasteiger partial charge in [0, 0.05) is 69.8 Å². The molecule has 2 heterocycles. The van der Waals surface area contributed by atoms with E-state index in [2.05, 4.69) is 45.5 Å². The first kappa shape index (κ1) is 25.1. The van der Waals surface area contributed by atoms with Crippen LogP contribution in [0.4, 0.5) is 10.1 Å². The molecule has 6 nitrogen and oxygen atoms in total. The number of nitrogens with zero attached hydrogens (tertiary/aromatic N) is 2. The summed E-state index contributed by atoms with van der Waals surface area (Å²) in [6.07, 6.45) is 1.69. The van der Waals surface area contributed by atoms with E-state index in [1.54, 1.807) is 57.0 Å². The highest BCUT2D eigenvalue weighted by molar-refractivity contribution is 7.22. The Bertz CT molecular complexity index is 1260. The van der Waals surface area contributed by atoms with Crippen LogP contribution < -0.4 is 10.1 Å². The first-order valence-electron chi connectivity index (χ1n) is 11.4. The number of fused-ring (bicyclic) bond motifs is 1. The van der Waals surface area contributed by atoms with Crippen LogP contribution >= 0.6 is 11.3 Å². The first-order valence-corrected chi connectivity index (χ1v) is 12.3. The number of thiophene rings is 1. The van der Waals surface area contributed by atoms with Crippen molar-refractivity contribution in [1.29, 1.82) is 0 Å². The maximum Gasteiger partial charge on any atom is 0.167 e. The minimum atomic E-state index is -0.419. The molecule has 0 fully saturated rings. The van der Waals surface area contributed by atoms with Crippen LogP contribution in [0, 0.1) is 5.82 Å². The molecule has 0 aliphatic rings. The number of pyridine rings is 1. The van der Waals surface area contributed by atoms with Gasteiger partial charge in [-0.2, -0.15) is 0 Å². The van der Waals surface area contributed by atoms with Gasteiger partial charge in [0.2, 0.25) is 0 Å². The van der Waals surface area contributed by atoms with E-state index >= 15 is 0 Å². The van der Waals surface area contributed by atoms with Gasteiger partial charge in [-0.15, -0.1) is 11.3 Å². The molecule has 0 spiro atoms. The molecule has 2 aromatic heterocycles. The minimum absolute atomic E-state index is 0.181. The number of halogens is 1. The quantitative estimate of drug-likeness (QED) is 0.259. The molecular weight excluding hydrogens is 465 g/mol. The number of methoxy groups -OCH3 is 2. The fourth-order valence-corrected chi connectivity index (χ4v) is 4.85. The molecule has 1 N–H and O–H groups in total. The summed E-state index contributed by atoms with van der Waals surface area (Å²) in [5.41, 5.74) is 3.83. The van der Waals surface area contributed by atoms with Gasteiger partial charge >= 0.3 is 0 Å². The van der Waals surface area contributed by atoms with Crippen LogP contribution in [0.25, 0.3) is 20.7 Å². The van der Waals surface area contributed by atoms with E-state index in [0.717, 1.165) is 40.3 Å². The monoisotopic (exact) mass is 495 g/mol. The van der Waals surface area contributed by atoms with Crippen molar-refractivity contribution >= 4 is 27.2 Å². The molecule has 0 aliphatic carbocycles. The highest BCUT2D eigenvalue weighted by atomic mass is 32.1. The van der Waals surface area contributed by atoms with Gasteiger partial charge in [-0.3, -0.25) is 9.88 Å². The normalized spacial score (nSPS) is 11.3. The second kappa shape index (κ2) is 12.1. The zero-order chi connectivity index (χ0) is 24.6. The molecule has 0 saturated heterocycles. The Kier molecular flexibility index (Phi) is 8.65. The standard InChI is InChI=1S/C27H30FN3O3S/c1-29-21-7-8-24(22(28)16-21)34-25-9-10-30-23-17-26(35-27(23)25)20-6-4-5-19(15-20)18-31(11-13-32-2)12-14-33-3/h4-10,15-17,29H,11-14,18H2,1-3H3. The molecule has 0 amide bonds. The van der Waals surface area contributed by atoms with E-state index in [1.807, 2.05) is 0 Å². The molecule has 0 radical (unpaired) electrons. The number of ether oxygens (including phenoxy) is 3. The maximum absolute atomic E-state index is 14.5. The molecule has 184 valence electrons. The van der Waals surface area contributed by atoms with Crippen molar-refractivity contribution in [3.8, 4) is 21.9 Å². The summed E-state index contributed by atoms with van der Waals surface area (Å²) in [6, 6.07) is 17.2. The molecule has 8 heteroatoms. The maximum atomic E-state index is 14.5. The minimum Gasteiger partial charge on any atom is -0.453 e. The second-order valence-electron chi connectivity index (χ2n) is 8.09. The predicted molar refractivity (Wildman–Crippen MR) is 140 cm³/mol. The zero-order valence-electron chi connectivity index (χ0n) is 20.2. The molecule has 2 aromatic carbocycles. The number of hydrogen-bond donors (Lipinski definition) is 1. The van der Waals surface area contributed by atoms with Crippen molar-refractivity contribution in [3.63, 3.8) is 0 Å². The van der Waals surface area contributed by atoms with Gasteiger partial charge in [0.05, 0.1) is 23.4 Å². The average molecular weight is 496 g/mol. The van der Waals surface area contributed by atoms with Gasteiger partial charge in [-0.05, 0) is 35.4 Å². The van der Waals surface area contributed by atoms with E-state index in [-0.39, 0.29) is 5.75 Å². The molecule has 4 rings (SSSR count). The molecule has 0 aliphatic heterocycles. The van der Waals surface area contributed by atoms with Gasteiger partial charge in [-0.1, -0.05) is 18.2 Å². The lowest BCUT2D eigenvalue weighted by atomic mass is 10.1. The van der Waals surface area contributed by atoms with E-state index in [9.17, 15) is 4.39 Å². The van der Waals surface area contributed by atoms with Crippen LogP contribution in [0.3, 0.4) is 0 Å². The van der Waals surface area contributed by atoms with Gasteiger partial charge in [-0.25, -0.2) is 4.39 Å².